The summed E-state index contributed by atoms with van der Waals surface area (Å²) in [5.41, 5.74) is 4.00. The van der Waals surface area contributed by atoms with Gasteiger partial charge in [0, 0.05) is 24.8 Å². The van der Waals surface area contributed by atoms with Crippen molar-refractivity contribution in [1.29, 1.82) is 0 Å². The molecule has 1 aliphatic heterocycles. The van der Waals surface area contributed by atoms with Crippen molar-refractivity contribution in [3.8, 4) is 0 Å². The van der Waals surface area contributed by atoms with E-state index in [0.29, 0.717) is 18.8 Å². The first kappa shape index (κ1) is 17.5. The third kappa shape index (κ3) is 3.06. The summed E-state index contributed by atoms with van der Waals surface area (Å²) in [4.78, 5) is 15.7. The average molecular weight is 389 g/mol. The van der Waals surface area contributed by atoms with Gasteiger partial charge in [-0.05, 0) is 37.1 Å². The van der Waals surface area contributed by atoms with Gasteiger partial charge in [0.1, 0.15) is 10.8 Å². The van der Waals surface area contributed by atoms with Crippen LogP contribution in [0.5, 0.6) is 0 Å². The Morgan fingerprint density at radius 2 is 2.15 bits per heavy atom. The molecule has 0 fully saturated rings. The largest absolute Gasteiger partial charge is 0.363 e. The van der Waals surface area contributed by atoms with Gasteiger partial charge in [0.25, 0.3) is 5.56 Å². The van der Waals surface area contributed by atoms with E-state index in [9.17, 15) is 9.18 Å². The number of halogens is 2. The minimum absolute atomic E-state index is 0.132. The Bertz CT molecular complexity index is 1060. The molecule has 9 heteroatoms. The normalized spacial score (nSPS) is 13.6. The van der Waals surface area contributed by atoms with Gasteiger partial charge in [0.05, 0.1) is 24.1 Å². The van der Waals surface area contributed by atoms with E-state index in [2.05, 4.69) is 20.4 Å². The molecule has 0 unspecified atom stereocenters. The van der Waals surface area contributed by atoms with Gasteiger partial charge in [-0.2, -0.15) is 10.2 Å². The molecule has 4 rings (SSSR count). The highest BCUT2D eigenvalue weighted by atomic mass is 35.5. The molecule has 0 amide bonds. The Morgan fingerprint density at radius 3 is 2.93 bits per heavy atom. The number of benzene rings is 1. The highest BCUT2D eigenvalue weighted by Crippen LogP contribution is 2.34. The maximum Gasteiger partial charge on any atom is 0.285 e. The highest BCUT2D eigenvalue weighted by Gasteiger charge is 2.26. The van der Waals surface area contributed by atoms with Crippen LogP contribution in [0.25, 0.3) is 0 Å². The van der Waals surface area contributed by atoms with Crippen LogP contribution >= 0.6 is 11.6 Å². The number of fused-ring (bicyclic) bond motifs is 1. The fourth-order valence-electron chi connectivity index (χ4n) is 3.49. The van der Waals surface area contributed by atoms with E-state index in [0.717, 1.165) is 34.7 Å². The van der Waals surface area contributed by atoms with Crippen LogP contribution < -0.4 is 15.4 Å². The Labute approximate surface area is 159 Å². The van der Waals surface area contributed by atoms with Gasteiger partial charge in [0.2, 0.25) is 0 Å². The second-order valence-electron chi connectivity index (χ2n) is 6.56. The SMILES string of the molecule is Cc1cc(F)ccc1N(C)c1n[nH]c2c1CCN(c1cn[nH]c(=O)c1Cl)C2. The number of H-pyrrole nitrogens is 2. The molecule has 3 aromatic rings. The Balaban J connectivity index is 1.64. The number of nitrogens with one attached hydrogen (secondary N) is 2. The minimum atomic E-state index is -0.406. The van der Waals surface area contributed by atoms with Gasteiger partial charge < -0.3 is 9.80 Å². The molecule has 0 saturated heterocycles. The van der Waals surface area contributed by atoms with E-state index in [1.165, 1.54) is 12.1 Å². The molecule has 0 saturated carbocycles. The standard InChI is InChI=1S/C18H18ClFN6O/c1-10-7-11(20)3-4-14(10)25(2)17-12-5-6-26(9-13(12)22-23-17)15-8-21-24-18(27)16(15)19/h3-4,7-8H,5-6,9H2,1-2H3,(H,22,23)(H,24,27). The Hall–Kier alpha value is -2.87. The van der Waals surface area contributed by atoms with Crippen molar-refractivity contribution in [2.24, 2.45) is 0 Å². The molecular weight excluding hydrogens is 371 g/mol. The van der Waals surface area contributed by atoms with Crippen molar-refractivity contribution in [1.82, 2.24) is 20.4 Å². The second-order valence-corrected chi connectivity index (χ2v) is 6.94. The lowest BCUT2D eigenvalue weighted by molar-refractivity contribution is 0.626. The zero-order valence-corrected chi connectivity index (χ0v) is 15.6. The van der Waals surface area contributed by atoms with E-state index in [-0.39, 0.29) is 10.8 Å². The fourth-order valence-corrected chi connectivity index (χ4v) is 3.70. The van der Waals surface area contributed by atoms with Gasteiger partial charge in [0.15, 0.2) is 5.82 Å². The van der Waals surface area contributed by atoms with Crippen LogP contribution in [0.1, 0.15) is 16.8 Å². The average Bonchev–Trinajstić information content (AvgIpc) is 3.06. The maximum atomic E-state index is 13.4. The Kier molecular flexibility index (Phi) is 4.35. The van der Waals surface area contributed by atoms with Crippen LogP contribution in [-0.2, 0) is 13.0 Å². The number of aromatic amines is 2. The maximum absolute atomic E-state index is 13.4. The van der Waals surface area contributed by atoms with Gasteiger partial charge in [-0.3, -0.25) is 9.89 Å². The number of nitrogens with zero attached hydrogens (tertiary/aromatic N) is 4. The molecule has 3 heterocycles. The molecule has 0 bridgehead atoms. The zero-order chi connectivity index (χ0) is 19.1. The minimum Gasteiger partial charge on any atom is -0.363 e. The van der Waals surface area contributed by atoms with E-state index < -0.39 is 5.56 Å². The van der Waals surface area contributed by atoms with Crippen molar-refractivity contribution in [2.45, 2.75) is 19.9 Å². The number of aromatic nitrogens is 4. The summed E-state index contributed by atoms with van der Waals surface area (Å²) in [7, 11) is 1.92. The predicted octanol–water partition coefficient (Wildman–Crippen LogP) is 2.92. The summed E-state index contributed by atoms with van der Waals surface area (Å²) in [6.45, 7) is 3.10. The summed E-state index contributed by atoms with van der Waals surface area (Å²) in [5.74, 6) is 0.558. The van der Waals surface area contributed by atoms with Gasteiger partial charge in [-0.1, -0.05) is 11.6 Å². The molecule has 7 nitrogen and oxygen atoms in total. The first-order valence-electron chi connectivity index (χ1n) is 8.50. The molecular formula is C18H18ClFN6O. The smallest absolute Gasteiger partial charge is 0.285 e. The third-order valence-electron chi connectivity index (χ3n) is 4.87. The van der Waals surface area contributed by atoms with Crippen molar-refractivity contribution in [3.05, 3.63) is 62.4 Å². The zero-order valence-electron chi connectivity index (χ0n) is 14.9. The van der Waals surface area contributed by atoms with Crippen LogP contribution in [0.3, 0.4) is 0 Å². The lowest BCUT2D eigenvalue weighted by Gasteiger charge is -2.29. The van der Waals surface area contributed by atoms with Gasteiger partial charge >= 0.3 is 0 Å². The number of hydrogen-bond acceptors (Lipinski definition) is 5. The van der Waals surface area contributed by atoms with Gasteiger partial charge in [-0.15, -0.1) is 0 Å². The molecule has 1 aliphatic rings. The first-order valence-corrected chi connectivity index (χ1v) is 8.87. The van der Waals surface area contributed by atoms with E-state index >= 15 is 0 Å². The summed E-state index contributed by atoms with van der Waals surface area (Å²) in [6.07, 6.45) is 2.29. The molecule has 2 N–H and O–H groups in total. The first-order chi connectivity index (χ1) is 13.0. The summed E-state index contributed by atoms with van der Waals surface area (Å²) >= 11 is 6.13. The van der Waals surface area contributed by atoms with Crippen LogP contribution in [0, 0.1) is 12.7 Å². The van der Waals surface area contributed by atoms with E-state index in [1.54, 1.807) is 12.3 Å². The molecule has 0 aliphatic carbocycles. The molecule has 0 spiro atoms. The molecule has 27 heavy (non-hydrogen) atoms. The predicted molar refractivity (Wildman–Crippen MR) is 102 cm³/mol. The topological polar surface area (TPSA) is 80.9 Å². The number of hydrogen-bond donors (Lipinski definition) is 2. The van der Waals surface area contributed by atoms with Gasteiger partial charge in [-0.25, -0.2) is 9.49 Å². The molecule has 0 radical (unpaired) electrons. The van der Waals surface area contributed by atoms with Crippen molar-refractivity contribution < 1.29 is 4.39 Å². The summed E-state index contributed by atoms with van der Waals surface area (Å²) in [5, 5.41) is 13.9. The monoisotopic (exact) mass is 388 g/mol. The lowest BCUT2D eigenvalue weighted by Crippen LogP contribution is -2.32. The second kappa shape index (κ2) is 6.70. The van der Waals surface area contributed by atoms with Crippen LogP contribution in [0.15, 0.2) is 29.2 Å². The van der Waals surface area contributed by atoms with Crippen LogP contribution in [0.2, 0.25) is 5.02 Å². The molecule has 0 atom stereocenters. The van der Waals surface area contributed by atoms with Crippen molar-refractivity contribution in [2.75, 3.05) is 23.4 Å². The third-order valence-corrected chi connectivity index (χ3v) is 5.23. The lowest BCUT2D eigenvalue weighted by atomic mass is 10.1. The quantitative estimate of drug-likeness (QED) is 0.721. The Morgan fingerprint density at radius 1 is 1.33 bits per heavy atom. The molecule has 140 valence electrons. The number of rotatable bonds is 3. The van der Waals surface area contributed by atoms with Crippen LogP contribution in [0.4, 0.5) is 21.6 Å². The molecule has 2 aromatic heterocycles. The number of anilines is 3. The molecule has 1 aromatic carbocycles. The summed E-state index contributed by atoms with van der Waals surface area (Å²) in [6, 6.07) is 4.71. The number of aryl methyl sites for hydroxylation is 1. The van der Waals surface area contributed by atoms with Crippen molar-refractivity contribution >= 4 is 28.8 Å². The fraction of sp³-hybridized carbons (Fsp3) is 0.278. The van der Waals surface area contributed by atoms with Crippen molar-refractivity contribution in [3.63, 3.8) is 0 Å². The highest BCUT2D eigenvalue weighted by molar-refractivity contribution is 6.33. The summed E-state index contributed by atoms with van der Waals surface area (Å²) < 4.78 is 13.4. The van der Waals surface area contributed by atoms with E-state index in [4.69, 9.17) is 11.6 Å². The van der Waals surface area contributed by atoms with Crippen LogP contribution in [-0.4, -0.2) is 34.0 Å². The van der Waals surface area contributed by atoms with E-state index in [1.807, 2.05) is 23.8 Å².